The number of aromatic amines is 1. The number of thiol groups is 1. The fourth-order valence-electron chi connectivity index (χ4n) is 1.19. The predicted octanol–water partition coefficient (Wildman–Crippen LogP) is 0.460. The van der Waals surface area contributed by atoms with Crippen LogP contribution in [0.25, 0.3) is 0 Å². The normalized spacial score (nSPS) is 9.79. The van der Waals surface area contributed by atoms with Crippen molar-refractivity contribution in [3.8, 4) is 6.07 Å². The minimum Gasteiger partial charge on any atom is -0.396 e. The third-order valence-electron chi connectivity index (χ3n) is 1.82. The molecule has 0 saturated heterocycles. The maximum Gasteiger partial charge on any atom is 0.249 e. The van der Waals surface area contributed by atoms with Gasteiger partial charge in [0, 0.05) is 12.7 Å². The molecule has 0 radical (unpaired) electrons. The minimum atomic E-state index is -0.276. The average Bonchev–Trinajstić information content (AvgIpc) is 2.14. The highest BCUT2D eigenvalue weighted by Crippen LogP contribution is 2.13. The summed E-state index contributed by atoms with van der Waals surface area (Å²) in [6.45, 7) is 0.0412. The molecule has 0 atom stereocenters. The van der Waals surface area contributed by atoms with Gasteiger partial charge < -0.3 is 10.1 Å². The summed E-state index contributed by atoms with van der Waals surface area (Å²) in [7, 11) is 0. The van der Waals surface area contributed by atoms with Gasteiger partial charge in [0.05, 0.1) is 10.6 Å². The number of pyridine rings is 1. The number of nitriles is 1. The Morgan fingerprint density at radius 1 is 1.64 bits per heavy atom. The average molecular weight is 210 g/mol. The molecular formula is C9H10N2O2S. The summed E-state index contributed by atoms with van der Waals surface area (Å²) in [5, 5.41) is 17.7. The van der Waals surface area contributed by atoms with Crippen LogP contribution in [0.5, 0.6) is 0 Å². The van der Waals surface area contributed by atoms with Gasteiger partial charge in [-0.3, -0.25) is 4.79 Å². The van der Waals surface area contributed by atoms with Crippen molar-refractivity contribution >= 4 is 12.6 Å². The number of hydrogen-bond acceptors (Lipinski definition) is 4. The first-order valence-corrected chi connectivity index (χ1v) is 4.60. The maximum atomic E-state index is 11.1. The largest absolute Gasteiger partial charge is 0.396 e. The summed E-state index contributed by atoms with van der Waals surface area (Å²) in [6, 6.07) is 3.34. The third-order valence-corrected chi connectivity index (χ3v) is 2.16. The molecule has 0 bridgehead atoms. The first-order valence-electron chi connectivity index (χ1n) is 4.15. The molecule has 0 amide bonds. The van der Waals surface area contributed by atoms with Crippen molar-refractivity contribution in [2.24, 2.45) is 0 Å². The highest BCUT2D eigenvalue weighted by atomic mass is 32.1. The Labute approximate surface area is 86.6 Å². The number of aryl methyl sites for hydroxylation is 1. The number of nitrogens with zero attached hydrogens (tertiary/aromatic N) is 1. The molecule has 0 aliphatic carbocycles. The minimum absolute atomic E-state index is 0.0412. The Hall–Kier alpha value is -1.25. The van der Waals surface area contributed by atoms with Crippen LogP contribution in [0.1, 0.15) is 17.5 Å². The zero-order valence-corrected chi connectivity index (χ0v) is 8.34. The van der Waals surface area contributed by atoms with Gasteiger partial charge in [-0.05, 0) is 18.4 Å². The molecule has 4 nitrogen and oxygen atoms in total. The van der Waals surface area contributed by atoms with Crippen molar-refractivity contribution < 1.29 is 5.11 Å². The Morgan fingerprint density at radius 3 is 2.93 bits per heavy atom. The standard InChI is InChI=1S/C9H10N2O2S/c10-5-7-6(2-1-3-12)4-8(13)11-9(7)14/h4,12H,1-3H2,(H2,11,13,14). The van der Waals surface area contributed by atoms with Crippen LogP contribution in [-0.2, 0) is 6.42 Å². The fraction of sp³-hybridized carbons (Fsp3) is 0.333. The lowest BCUT2D eigenvalue weighted by atomic mass is 10.1. The molecule has 0 aromatic carbocycles. The summed E-state index contributed by atoms with van der Waals surface area (Å²) in [5.74, 6) is 0. The van der Waals surface area contributed by atoms with Gasteiger partial charge in [0.15, 0.2) is 0 Å². The van der Waals surface area contributed by atoms with Gasteiger partial charge in [-0.25, -0.2) is 0 Å². The van der Waals surface area contributed by atoms with Crippen molar-refractivity contribution in [3.05, 3.63) is 27.5 Å². The first kappa shape index (κ1) is 10.8. The highest BCUT2D eigenvalue weighted by molar-refractivity contribution is 7.80. The second kappa shape index (κ2) is 4.84. The van der Waals surface area contributed by atoms with Crippen LogP contribution in [0.3, 0.4) is 0 Å². The van der Waals surface area contributed by atoms with Gasteiger partial charge in [-0.15, -0.1) is 12.6 Å². The van der Waals surface area contributed by atoms with Gasteiger partial charge in [0.25, 0.3) is 0 Å². The van der Waals surface area contributed by atoms with Crippen molar-refractivity contribution in [2.45, 2.75) is 17.9 Å². The molecule has 1 heterocycles. The smallest absolute Gasteiger partial charge is 0.249 e. The van der Waals surface area contributed by atoms with E-state index in [-0.39, 0.29) is 17.2 Å². The van der Waals surface area contributed by atoms with Gasteiger partial charge >= 0.3 is 0 Å². The van der Waals surface area contributed by atoms with Gasteiger partial charge in [-0.1, -0.05) is 0 Å². The number of nitrogens with one attached hydrogen (secondary N) is 1. The van der Waals surface area contributed by atoms with E-state index in [9.17, 15) is 4.79 Å². The zero-order chi connectivity index (χ0) is 10.6. The second-order valence-electron chi connectivity index (χ2n) is 2.82. The molecule has 1 aromatic heterocycles. The van der Waals surface area contributed by atoms with Crippen LogP contribution in [0.4, 0.5) is 0 Å². The van der Waals surface area contributed by atoms with Crippen molar-refractivity contribution in [1.29, 1.82) is 5.26 Å². The van der Waals surface area contributed by atoms with E-state index in [0.717, 1.165) is 0 Å². The molecule has 0 aliphatic rings. The van der Waals surface area contributed by atoms with Crippen LogP contribution in [-0.4, -0.2) is 16.7 Å². The molecule has 0 unspecified atom stereocenters. The summed E-state index contributed by atoms with van der Waals surface area (Å²) in [5.41, 5.74) is 0.735. The predicted molar refractivity (Wildman–Crippen MR) is 54.4 cm³/mol. The lowest BCUT2D eigenvalue weighted by Crippen LogP contribution is -2.09. The number of rotatable bonds is 3. The molecule has 2 N–H and O–H groups in total. The van der Waals surface area contributed by atoms with E-state index in [1.165, 1.54) is 6.07 Å². The molecule has 1 rings (SSSR count). The molecule has 0 spiro atoms. The van der Waals surface area contributed by atoms with Crippen molar-refractivity contribution in [1.82, 2.24) is 4.98 Å². The molecule has 74 valence electrons. The van der Waals surface area contributed by atoms with E-state index in [4.69, 9.17) is 10.4 Å². The van der Waals surface area contributed by atoms with Crippen LogP contribution in [0, 0.1) is 11.3 Å². The summed E-state index contributed by atoms with van der Waals surface area (Å²) in [6.07, 6.45) is 1.04. The van der Waals surface area contributed by atoms with E-state index in [2.05, 4.69) is 17.6 Å². The van der Waals surface area contributed by atoms with Crippen molar-refractivity contribution in [2.75, 3.05) is 6.61 Å². The monoisotopic (exact) mass is 210 g/mol. The summed E-state index contributed by atoms with van der Waals surface area (Å²) >= 11 is 4.00. The number of aromatic nitrogens is 1. The zero-order valence-electron chi connectivity index (χ0n) is 7.45. The van der Waals surface area contributed by atoms with Crippen molar-refractivity contribution in [3.63, 3.8) is 0 Å². The Kier molecular flexibility index (Phi) is 3.74. The molecule has 5 heteroatoms. The quantitative estimate of drug-likeness (QED) is 0.634. The topological polar surface area (TPSA) is 76.9 Å². The fourth-order valence-corrected chi connectivity index (χ4v) is 1.49. The summed E-state index contributed by atoms with van der Waals surface area (Å²) < 4.78 is 0. The number of hydrogen-bond donors (Lipinski definition) is 3. The molecular weight excluding hydrogens is 200 g/mol. The van der Waals surface area contributed by atoms with Gasteiger partial charge in [-0.2, -0.15) is 5.26 Å². The molecule has 0 aliphatic heterocycles. The van der Waals surface area contributed by atoms with Crippen LogP contribution >= 0.6 is 12.6 Å². The molecule has 0 saturated carbocycles. The Morgan fingerprint density at radius 2 is 2.36 bits per heavy atom. The van der Waals surface area contributed by atoms with Gasteiger partial charge in [0.2, 0.25) is 5.56 Å². The highest BCUT2D eigenvalue weighted by Gasteiger charge is 2.07. The number of H-pyrrole nitrogens is 1. The lowest BCUT2D eigenvalue weighted by Gasteiger charge is -2.03. The van der Waals surface area contributed by atoms with Crippen LogP contribution in [0.2, 0.25) is 0 Å². The molecule has 1 aromatic rings. The molecule has 0 fully saturated rings. The lowest BCUT2D eigenvalue weighted by molar-refractivity contribution is 0.288. The van der Waals surface area contributed by atoms with E-state index >= 15 is 0 Å². The van der Waals surface area contributed by atoms with E-state index in [0.29, 0.717) is 24.0 Å². The third kappa shape index (κ3) is 2.37. The second-order valence-corrected chi connectivity index (χ2v) is 3.27. The maximum absolute atomic E-state index is 11.1. The van der Waals surface area contributed by atoms with Crippen LogP contribution in [0.15, 0.2) is 15.9 Å². The Bertz CT molecular complexity index is 420. The number of aliphatic hydroxyl groups is 1. The Balaban J connectivity index is 3.13. The number of aliphatic hydroxyl groups excluding tert-OH is 1. The SMILES string of the molecule is N#Cc1c(CCCO)cc(=O)[nH]c1S. The van der Waals surface area contributed by atoms with E-state index in [1.807, 2.05) is 6.07 Å². The van der Waals surface area contributed by atoms with E-state index < -0.39 is 0 Å². The van der Waals surface area contributed by atoms with E-state index in [1.54, 1.807) is 0 Å². The summed E-state index contributed by atoms with van der Waals surface area (Å²) in [4.78, 5) is 13.5. The van der Waals surface area contributed by atoms with Crippen LogP contribution < -0.4 is 5.56 Å². The van der Waals surface area contributed by atoms with Gasteiger partial charge in [0.1, 0.15) is 6.07 Å². The first-order chi connectivity index (χ1) is 6.69. The molecule has 14 heavy (non-hydrogen) atoms.